The Morgan fingerprint density at radius 2 is 0.476 bits per heavy atom. The molecule has 3 aromatic heterocycles. The van der Waals surface area contributed by atoms with Gasteiger partial charge in [0.1, 0.15) is 0 Å². The summed E-state index contributed by atoms with van der Waals surface area (Å²) in [6.45, 7) is 0. The van der Waals surface area contributed by atoms with E-state index in [9.17, 15) is 0 Å². The molecule has 0 bridgehead atoms. The van der Waals surface area contributed by atoms with Gasteiger partial charge in [0.2, 0.25) is 0 Å². The van der Waals surface area contributed by atoms with Gasteiger partial charge in [0.05, 0.1) is 33.1 Å². The maximum absolute atomic E-state index is 2.41. The van der Waals surface area contributed by atoms with Crippen molar-refractivity contribution >= 4 is 65.4 Å². The highest BCUT2D eigenvalue weighted by atomic mass is 15.0. The maximum Gasteiger partial charge on any atom is 0.0541 e. The molecule has 3 heteroatoms. The first kappa shape index (κ1) is 35.4. The summed E-state index contributed by atoms with van der Waals surface area (Å²) in [4.78, 5) is 0. The summed E-state index contributed by atoms with van der Waals surface area (Å²) in [5.74, 6) is 0. The summed E-state index contributed by atoms with van der Waals surface area (Å²) >= 11 is 0. The van der Waals surface area contributed by atoms with Crippen LogP contribution in [0, 0.1) is 0 Å². The minimum Gasteiger partial charge on any atom is -0.309 e. The molecule has 13 aromatic rings. The summed E-state index contributed by atoms with van der Waals surface area (Å²) in [6, 6.07) is 86.4. The Morgan fingerprint density at radius 1 is 0.175 bits per heavy atom. The van der Waals surface area contributed by atoms with Crippen molar-refractivity contribution in [3.63, 3.8) is 0 Å². The van der Waals surface area contributed by atoms with Crippen molar-refractivity contribution in [2.45, 2.75) is 0 Å². The summed E-state index contributed by atoms with van der Waals surface area (Å²) < 4.78 is 7.15. The average molecular weight is 802 g/mol. The molecule has 13 rings (SSSR count). The van der Waals surface area contributed by atoms with E-state index in [-0.39, 0.29) is 0 Å². The standard InChI is InChI=1S/C60H39N3/c1-3-16-46(17-4-1)61-55-23-10-7-20-49(55)52-37-43(28-33-58(52)61)42-15-13-14-41(36-42)40-26-31-48(32-27-40)63-57-25-12-9-22-51(57)54-39-45(30-35-60(54)63)44-29-34-59-53(38-44)50-21-8-11-24-56(50)62(59)47-18-5-2-6-19-47/h1-39H. The Hall–Kier alpha value is -8.40. The second-order valence-corrected chi connectivity index (χ2v) is 16.6. The Morgan fingerprint density at radius 3 is 0.889 bits per heavy atom. The van der Waals surface area contributed by atoms with Crippen LogP contribution in [0.15, 0.2) is 237 Å². The zero-order chi connectivity index (χ0) is 41.4. The third kappa shape index (κ3) is 5.60. The summed E-state index contributed by atoms with van der Waals surface area (Å²) in [7, 11) is 0. The van der Waals surface area contributed by atoms with Crippen LogP contribution in [0.25, 0.3) is 116 Å². The molecule has 0 spiro atoms. The number of benzene rings is 10. The lowest BCUT2D eigenvalue weighted by atomic mass is 9.98. The molecule has 0 N–H and O–H groups in total. The quantitative estimate of drug-likeness (QED) is 0.159. The maximum atomic E-state index is 2.41. The fraction of sp³-hybridized carbons (Fsp3) is 0. The van der Waals surface area contributed by atoms with E-state index in [1.807, 2.05) is 0 Å². The lowest BCUT2D eigenvalue weighted by Crippen LogP contribution is -1.94. The van der Waals surface area contributed by atoms with Crippen LogP contribution in [0.3, 0.4) is 0 Å². The Bertz CT molecular complexity index is 3880. The fourth-order valence-electron chi connectivity index (χ4n) is 10.1. The molecule has 0 radical (unpaired) electrons. The number of hydrogen-bond donors (Lipinski definition) is 0. The molecule has 0 aliphatic heterocycles. The lowest BCUT2D eigenvalue weighted by Gasteiger charge is -2.11. The normalized spacial score (nSPS) is 11.8. The van der Waals surface area contributed by atoms with Crippen LogP contribution >= 0.6 is 0 Å². The molecule has 0 aliphatic rings. The Balaban J connectivity index is 0.860. The highest BCUT2D eigenvalue weighted by Gasteiger charge is 2.17. The van der Waals surface area contributed by atoms with Crippen LogP contribution in [0.2, 0.25) is 0 Å². The molecule has 0 amide bonds. The highest BCUT2D eigenvalue weighted by molar-refractivity contribution is 6.13. The molecular weight excluding hydrogens is 763 g/mol. The van der Waals surface area contributed by atoms with Crippen LogP contribution in [0.5, 0.6) is 0 Å². The van der Waals surface area contributed by atoms with E-state index >= 15 is 0 Å². The van der Waals surface area contributed by atoms with Gasteiger partial charge in [0, 0.05) is 49.4 Å². The van der Waals surface area contributed by atoms with Crippen LogP contribution in [0.4, 0.5) is 0 Å². The number of fused-ring (bicyclic) bond motifs is 9. The van der Waals surface area contributed by atoms with Gasteiger partial charge in [-0.2, -0.15) is 0 Å². The van der Waals surface area contributed by atoms with Gasteiger partial charge in [0.15, 0.2) is 0 Å². The van der Waals surface area contributed by atoms with Crippen LogP contribution in [-0.2, 0) is 0 Å². The number of hydrogen-bond acceptors (Lipinski definition) is 0. The lowest BCUT2D eigenvalue weighted by molar-refractivity contribution is 1.18. The molecule has 294 valence electrons. The number of aromatic nitrogens is 3. The van der Waals surface area contributed by atoms with Gasteiger partial charge in [0.25, 0.3) is 0 Å². The number of nitrogens with zero attached hydrogens (tertiary/aromatic N) is 3. The van der Waals surface area contributed by atoms with Crippen molar-refractivity contribution in [3.05, 3.63) is 237 Å². The monoisotopic (exact) mass is 801 g/mol. The van der Waals surface area contributed by atoms with Gasteiger partial charge >= 0.3 is 0 Å². The average Bonchev–Trinajstić information content (AvgIpc) is 3.99. The van der Waals surface area contributed by atoms with Crippen LogP contribution in [-0.4, -0.2) is 13.7 Å². The molecule has 0 saturated heterocycles. The van der Waals surface area contributed by atoms with E-state index in [0.29, 0.717) is 0 Å². The summed E-state index contributed by atoms with van der Waals surface area (Å²) in [6.07, 6.45) is 0. The predicted octanol–water partition coefficient (Wildman–Crippen LogP) is 16.0. The van der Waals surface area contributed by atoms with Gasteiger partial charge in [-0.15, -0.1) is 0 Å². The smallest absolute Gasteiger partial charge is 0.0541 e. The largest absolute Gasteiger partial charge is 0.309 e. The van der Waals surface area contributed by atoms with Crippen molar-refractivity contribution in [2.24, 2.45) is 0 Å². The zero-order valence-corrected chi connectivity index (χ0v) is 34.4. The number of rotatable bonds is 6. The molecule has 3 heterocycles. The van der Waals surface area contributed by atoms with Crippen molar-refractivity contribution in [1.82, 2.24) is 13.7 Å². The Kier molecular flexibility index (Phi) is 7.91. The minimum absolute atomic E-state index is 1.14. The Labute approximate surface area is 364 Å². The molecule has 0 fully saturated rings. The van der Waals surface area contributed by atoms with Gasteiger partial charge in [-0.25, -0.2) is 0 Å². The van der Waals surface area contributed by atoms with Gasteiger partial charge < -0.3 is 13.7 Å². The van der Waals surface area contributed by atoms with Crippen LogP contribution < -0.4 is 0 Å². The molecule has 63 heavy (non-hydrogen) atoms. The third-order valence-corrected chi connectivity index (χ3v) is 13.0. The molecule has 0 saturated carbocycles. The van der Waals surface area contributed by atoms with E-state index in [4.69, 9.17) is 0 Å². The molecule has 0 atom stereocenters. The summed E-state index contributed by atoms with van der Waals surface area (Å²) in [5.41, 5.74) is 18.0. The number of para-hydroxylation sites is 5. The van der Waals surface area contributed by atoms with E-state index in [2.05, 4.69) is 250 Å². The minimum atomic E-state index is 1.14. The van der Waals surface area contributed by atoms with Crippen molar-refractivity contribution in [1.29, 1.82) is 0 Å². The second-order valence-electron chi connectivity index (χ2n) is 16.6. The van der Waals surface area contributed by atoms with E-state index in [1.54, 1.807) is 0 Å². The fourth-order valence-corrected chi connectivity index (χ4v) is 10.1. The molecular formula is C60H39N3. The van der Waals surface area contributed by atoms with Crippen LogP contribution in [0.1, 0.15) is 0 Å². The van der Waals surface area contributed by atoms with Crippen molar-refractivity contribution < 1.29 is 0 Å². The molecule has 0 aliphatic carbocycles. The molecule has 0 unspecified atom stereocenters. The third-order valence-electron chi connectivity index (χ3n) is 13.0. The summed E-state index contributed by atoms with van der Waals surface area (Å²) in [5, 5.41) is 7.53. The van der Waals surface area contributed by atoms with Gasteiger partial charge in [-0.05, 0) is 130 Å². The molecule has 10 aromatic carbocycles. The van der Waals surface area contributed by atoms with E-state index < -0.39 is 0 Å². The van der Waals surface area contributed by atoms with Gasteiger partial charge in [-0.3, -0.25) is 0 Å². The molecule has 3 nitrogen and oxygen atoms in total. The first-order valence-electron chi connectivity index (χ1n) is 21.7. The predicted molar refractivity (Wildman–Crippen MR) is 266 cm³/mol. The van der Waals surface area contributed by atoms with Gasteiger partial charge in [-0.1, -0.05) is 140 Å². The SMILES string of the molecule is c1ccc(-n2c3ccccc3c3cc(-c4cccc(-c5ccc(-n6c7ccccc7c7cc(-c8ccc9c(c8)c8ccccc8n9-c8ccccc8)ccc76)cc5)c4)ccc32)cc1. The first-order valence-corrected chi connectivity index (χ1v) is 21.7. The first-order chi connectivity index (χ1) is 31.2. The van der Waals surface area contributed by atoms with E-state index in [0.717, 1.165) is 5.69 Å². The van der Waals surface area contributed by atoms with Crippen molar-refractivity contribution in [3.8, 4) is 50.4 Å². The highest BCUT2D eigenvalue weighted by Crippen LogP contribution is 2.40. The van der Waals surface area contributed by atoms with E-state index in [1.165, 1.54) is 110 Å². The van der Waals surface area contributed by atoms with Crippen molar-refractivity contribution in [2.75, 3.05) is 0 Å². The second kappa shape index (κ2) is 14.1. The topological polar surface area (TPSA) is 14.8 Å². The zero-order valence-electron chi connectivity index (χ0n) is 34.4.